The molecule has 2 aromatic rings. The third-order valence-corrected chi connectivity index (χ3v) is 5.77. The predicted octanol–water partition coefficient (Wildman–Crippen LogP) is 3.67. The van der Waals surface area contributed by atoms with E-state index in [-0.39, 0.29) is 23.2 Å². The number of amides is 1. The topological polar surface area (TPSA) is 91.9 Å². The van der Waals surface area contributed by atoms with Crippen LogP contribution in [0.1, 0.15) is 47.8 Å². The molecule has 1 unspecified atom stereocenters. The van der Waals surface area contributed by atoms with Crippen LogP contribution in [-0.4, -0.2) is 53.4 Å². The van der Waals surface area contributed by atoms with Gasteiger partial charge in [-0.05, 0) is 63.0 Å². The minimum Gasteiger partial charge on any atom is -0.468 e. The quantitative estimate of drug-likeness (QED) is 0.565. The Morgan fingerprint density at radius 2 is 1.86 bits per heavy atom. The number of likely N-dealkylation sites (tertiary alicyclic amines) is 2. The molecule has 1 aromatic carbocycles. The second kappa shape index (κ2) is 8.65. The van der Waals surface area contributed by atoms with Gasteiger partial charge in [0.15, 0.2) is 0 Å². The summed E-state index contributed by atoms with van der Waals surface area (Å²) in [5.74, 6) is 0.634. The molecule has 1 aromatic heterocycles. The molecular weight excluding hydrogens is 372 g/mol. The van der Waals surface area contributed by atoms with Crippen molar-refractivity contribution in [3.05, 3.63) is 58.0 Å². The maximum atomic E-state index is 12.8. The van der Waals surface area contributed by atoms with Crippen LogP contribution >= 0.6 is 0 Å². The fraction of sp³-hybridized carbons (Fsp3) is 0.476. The molecular formula is C21H26N4O4. The van der Waals surface area contributed by atoms with E-state index in [2.05, 4.69) is 10.2 Å². The predicted molar refractivity (Wildman–Crippen MR) is 109 cm³/mol. The van der Waals surface area contributed by atoms with Crippen LogP contribution in [0, 0.1) is 10.1 Å². The Morgan fingerprint density at radius 3 is 2.52 bits per heavy atom. The standard InChI is InChI=1S/C21H26N4O4/c26-21(24-11-3-4-12-24)17-14-16(7-8-18(17)25(27)28)22-15-19(20-6-5-13-29-20)23-9-1-2-10-23/h5-8,13-14,19,22H,1-4,9-12,15H2. The van der Waals surface area contributed by atoms with E-state index < -0.39 is 4.92 Å². The van der Waals surface area contributed by atoms with Gasteiger partial charge in [0.1, 0.15) is 11.3 Å². The lowest BCUT2D eigenvalue weighted by Crippen LogP contribution is -2.31. The van der Waals surface area contributed by atoms with E-state index >= 15 is 0 Å². The van der Waals surface area contributed by atoms with Gasteiger partial charge >= 0.3 is 0 Å². The van der Waals surface area contributed by atoms with Crippen molar-refractivity contribution < 1.29 is 14.1 Å². The molecule has 8 heteroatoms. The number of furan rings is 1. The van der Waals surface area contributed by atoms with E-state index in [1.54, 1.807) is 23.3 Å². The highest BCUT2D eigenvalue weighted by Gasteiger charge is 2.28. The van der Waals surface area contributed by atoms with Crippen LogP contribution in [0.2, 0.25) is 0 Å². The minimum absolute atomic E-state index is 0.0837. The molecule has 0 saturated carbocycles. The average Bonchev–Trinajstić information content (AvgIpc) is 3.51. The number of nitro benzene ring substituents is 1. The molecule has 0 radical (unpaired) electrons. The third-order valence-electron chi connectivity index (χ3n) is 5.77. The highest BCUT2D eigenvalue weighted by Crippen LogP contribution is 2.29. The van der Waals surface area contributed by atoms with Crippen LogP contribution < -0.4 is 5.32 Å². The summed E-state index contributed by atoms with van der Waals surface area (Å²) in [6.07, 6.45) is 5.90. The first-order valence-electron chi connectivity index (χ1n) is 10.2. The molecule has 2 fully saturated rings. The molecule has 2 aliphatic heterocycles. The summed E-state index contributed by atoms with van der Waals surface area (Å²) in [5.41, 5.74) is 0.709. The summed E-state index contributed by atoms with van der Waals surface area (Å²) in [5, 5.41) is 14.8. The molecule has 4 rings (SSSR count). The van der Waals surface area contributed by atoms with Gasteiger partial charge < -0.3 is 14.6 Å². The Morgan fingerprint density at radius 1 is 1.14 bits per heavy atom. The summed E-state index contributed by atoms with van der Waals surface area (Å²) < 4.78 is 5.64. The van der Waals surface area contributed by atoms with Crippen LogP contribution in [0.5, 0.6) is 0 Å². The molecule has 0 aliphatic carbocycles. The Kier molecular flexibility index (Phi) is 5.80. The highest BCUT2D eigenvalue weighted by molar-refractivity contribution is 5.99. The number of nitrogens with zero attached hydrogens (tertiary/aromatic N) is 3. The molecule has 3 heterocycles. The van der Waals surface area contributed by atoms with Gasteiger partial charge in [-0.1, -0.05) is 0 Å². The second-order valence-electron chi connectivity index (χ2n) is 7.64. The van der Waals surface area contributed by atoms with E-state index in [0.717, 1.165) is 31.7 Å². The lowest BCUT2D eigenvalue weighted by molar-refractivity contribution is -0.385. The first-order valence-corrected chi connectivity index (χ1v) is 10.2. The van der Waals surface area contributed by atoms with Crippen LogP contribution in [0.25, 0.3) is 0 Å². The second-order valence-corrected chi connectivity index (χ2v) is 7.64. The Hall–Kier alpha value is -2.87. The Bertz CT molecular complexity index is 856. The molecule has 1 atom stereocenters. The van der Waals surface area contributed by atoms with Gasteiger partial charge in [0.2, 0.25) is 0 Å². The summed E-state index contributed by atoms with van der Waals surface area (Å²) in [6.45, 7) is 3.95. The monoisotopic (exact) mass is 398 g/mol. The number of carbonyl (C=O) groups excluding carboxylic acids is 1. The zero-order valence-corrected chi connectivity index (χ0v) is 16.4. The number of nitro groups is 1. The highest BCUT2D eigenvalue weighted by atomic mass is 16.6. The molecule has 1 amide bonds. The number of carbonyl (C=O) groups is 1. The number of hydrogen-bond donors (Lipinski definition) is 1. The third kappa shape index (κ3) is 4.27. The van der Waals surface area contributed by atoms with E-state index in [9.17, 15) is 14.9 Å². The molecule has 0 spiro atoms. The fourth-order valence-corrected chi connectivity index (χ4v) is 4.23. The normalized spacial score (nSPS) is 18.1. The Balaban J connectivity index is 1.54. The lowest BCUT2D eigenvalue weighted by Gasteiger charge is -2.26. The van der Waals surface area contributed by atoms with Crippen molar-refractivity contribution >= 4 is 17.3 Å². The minimum atomic E-state index is -0.483. The van der Waals surface area contributed by atoms with Crippen molar-refractivity contribution in [3.8, 4) is 0 Å². The van der Waals surface area contributed by atoms with Crippen molar-refractivity contribution in [1.82, 2.24) is 9.80 Å². The SMILES string of the molecule is O=C(c1cc(NCC(c2ccco2)N2CCCC2)ccc1[N+](=O)[O-])N1CCCC1. The van der Waals surface area contributed by atoms with Crippen LogP contribution in [-0.2, 0) is 0 Å². The van der Waals surface area contributed by atoms with Gasteiger partial charge in [0.05, 0.1) is 17.2 Å². The van der Waals surface area contributed by atoms with Crippen molar-refractivity contribution in [2.45, 2.75) is 31.7 Å². The molecule has 2 saturated heterocycles. The van der Waals surface area contributed by atoms with Crippen molar-refractivity contribution in [2.75, 3.05) is 38.0 Å². The van der Waals surface area contributed by atoms with Gasteiger partial charge in [-0.2, -0.15) is 0 Å². The van der Waals surface area contributed by atoms with Crippen molar-refractivity contribution in [1.29, 1.82) is 0 Å². The van der Waals surface area contributed by atoms with E-state index in [1.165, 1.54) is 18.9 Å². The van der Waals surface area contributed by atoms with Crippen LogP contribution in [0.4, 0.5) is 11.4 Å². The summed E-state index contributed by atoms with van der Waals surface area (Å²) in [4.78, 5) is 27.9. The van der Waals surface area contributed by atoms with Gasteiger partial charge in [-0.15, -0.1) is 0 Å². The maximum Gasteiger partial charge on any atom is 0.282 e. The van der Waals surface area contributed by atoms with Crippen LogP contribution in [0.15, 0.2) is 41.0 Å². The lowest BCUT2D eigenvalue weighted by atomic mass is 10.1. The van der Waals surface area contributed by atoms with Gasteiger partial charge in [-0.25, -0.2) is 0 Å². The zero-order chi connectivity index (χ0) is 20.2. The number of anilines is 1. The largest absolute Gasteiger partial charge is 0.468 e. The van der Waals surface area contributed by atoms with Gasteiger partial charge in [0.25, 0.3) is 11.6 Å². The first-order chi connectivity index (χ1) is 14.1. The summed E-state index contributed by atoms with van der Waals surface area (Å²) >= 11 is 0. The van der Waals surface area contributed by atoms with E-state index in [1.807, 2.05) is 12.1 Å². The molecule has 8 nitrogen and oxygen atoms in total. The summed E-state index contributed by atoms with van der Waals surface area (Å²) in [6, 6.07) is 8.65. The number of hydrogen-bond acceptors (Lipinski definition) is 6. The number of rotatable bonds is 7. The fourth-order valence-electron chi connectivity index (χ4n) is 4.23. The van der Waals surface area contributed by atoms with E-state index in [4.69, 9.17) is 4.42 Å². The smallest absolute Gasteiger partial charge is 0.282 e. The maximum absolute atomic E-state index is 12.8. The van der Waals surface area contributed by atoms with Gasteiger partial charge in [-0.3, -0.25) is 19.8 Å². The summed E-state index contributed by atoms with van der Waals surface area (Å²) in [7, 11) is 0. The van der Waals surface area contributed by atoms with E-state index in [0.29, 0.717) is 25.3 Å². The number of benzene rings is 1. The number of nitrogens with one attached hydrogen (secondary N) is 1. The Labute approximate surface area is 169 Å². The molecule has 1 N–H and O–H groups in total. The van der Waals surface area contributed by atoms with Crippen molar-refractivity contribution in [3.63, 3.8) is 0 Å². The molecule has 154 valence electrons. The van der Waals surface area contributed by atoms with Gasteiger partial charge in [0, 0.05) is 31.4 Å². The molecule has 29 heavy (non-hydrogen) atoms. The molecule has 0 bridgehead atoms. The van der Waals surface area contributed by atoms with Crippen LogP contribution in [0.3, 0.4) is 0 Å². The van der Waals surface area contributed by atoms with Crippen molar-refractivity contribution in [2.24, 2.45) is 0 Å². The first kappa shape index (κ1) is 19.4. The average molecular weight is 398 g/mol. The molecule has 2 aliphatic rings. The zero-order valence-electron chi connectivity index (χ0n) is 16.4.